The number of nitro benzene ring substituents is 1. The van der Waals surface area contributed by atoms with E-state index in [1.807, 2.05) is 0 Å². The molecule has 2 heterocycles. The van der Waals surface area contributed by atoms with Crippen LogP contribution in [0.4, 0.5) is 15.5 Å². The summed E-state index contributed by atoms with van der Waals surface area (Å²) in [5.74, 6) is -2.02. The van der Waals surface area contributed by atoms with Crippen LogP contribution in [0.25, 0.3) is 0 Å². The predicted octanol–water partition coefficient (Wildman–Crippen LogP) is 2.04. The first kappa shape index (κ1) is 22.4. The third-order valence-corrected chi connectivity index (χ3v) is 7.09. The molecule has 12 heteroatoms. The molecule has 0 saturated carbocycles. The normalized spacial score (nSPS) is 19.7. The zero-order chi connectivity index (χ0) is 23.9. The minimum atomic E-state index is -1.57. The Hall–Kier alpha value is -3.80. The van der Waals surface area contributed by atoms with Crippen LogP contribution in [0.15, 0.2) is 24.3 Å². The summed E-state index contributed by atoms with van der Waals surface area (Å²) in [6.45, 7) is 0.832. The first-order valence-corrected chi connectivity index (χ1v) is 11.1. The fraction of sp³-hybridized carbons (Fsp3) is 0.333. The number of nitrogens with one attached hydrogen (secondary N) is 2. The van der Waals surface area contributed by atoms with E-state index in [-0.39, 0.29) is 16.8 Å². The molecule has 172 valence electrons. The van der Waals surface area contributed by atoms with Crippen molar-refractivity contribution in [3.05, 3.63) is 55.9 Å². The second kappa shape index (κ2) is 8.28. The average molecular weight is 471 g/mol. The highest BCUT2D eigenvalue weighted by Crippen LogP contribution is 2.38. The highest BCUT2D eigenvalue weighted by molar-refractivity contribution is 7.17. The Bertz CT molecular complexity index is 1210. The summed E-state index contributed by atoms with van der Waals surface area (Å²) in [6, 6.07) is 4.58. The molecular weight excluding hydrogens is 450 g/mol. The molecule has 11 nitrogen and oxygen atoms in total. The number of primary amides is 1. The first-order valence-electron chi connectivity index (χ1n) is 10.2. The van der Waals surface area contributed by atoms with Crippen molar-refractivity contribution in [3.63, 3.8) is 0 Å². The van der Waals surface area contributed by atoms with Gasteiger partial charge >= 0.3 is 6.03 Å². The second-order valence-electron chi connectivity index (χ2n) is 8.08. The van der Waals surface area contributed by atoms with Gasteiger partial charge in [0.15, 0.2) is 0 Å². The van der Waals surface area contributed by atoms with E-state index < -0.39 is 40.8 Å². The zero-order valence-corrected chi connectivity index (χ0v) is 18.5. The number of fused-ring (bicyclic) bond motifs is 1. The highest BCUT2D eigenvalue weighted by atomic mass is 32.1. The molecule has 4 N–H and O–H groups in total. The van der Waals surface area contributed by atoms with Crippen LogP contribution >= 0.6 is 11.3 Å². The molecule has 2 aromatic rings. The highest BCUT2D eigenvalue weighted by Gasteiger charge is 2.50. The van der Waals surface area contributed by atoms with Gasteiger partial charge in [-0.05, 0) is 43.7 Å². The molecule has 0 spiro atoms. The lowest BCUT2D eigenvalue weighted by atomic mass is 9.91. The third kappa shape index (κ3) is 3.93. The monoisotopic (exact) mass is 471 g/mol. The number of amides is 5. The van der Waals surface area contributed by atoms with Gasteiger partial charge in [0.05, 0.1) is 10.5 Å². The van der Waals surface area contributed by atoms with Crippen LogP contribution in [0.3, 0.4) is 0 Å². The maximum absolute atomic E-state index is 13.1. The summed E-state index contributed by atoms with van der Waals surface area (Å²) in [5.41, 5.74) is 5.10. The van der Waals surface area contributed by atoms with Crippen molar-refractivity contribution in [1.29, 1.82) is 0 Å². The average Bonchev–Trinajstić information content (AvgIpc) is 3.24. The Balaban J connectivity index is 1.54. The van der Waals surface area contributed by atoms with Gasteiger partial charge < -0.3 is 16.4 Å². The van der Waals surface area contributed by atoms with Gasteiger partial charge in [-0.2, -0.15) is 0 Å². The standard InChI is InChI=1S/C21H21N5O6S/c1-21(11-5-4-6-12(9-11)26(31)32)19(29)25(20(30)24-21)10-15(27)23-18-16(17(22)28)13-7-2-3-8-14(13)33-18/h4-6,9H,2-3,7-8,10H2,1H3,(H2,22,28)(H,23,27)(H,24,30)/t21-/m1/s1. The molecule has 2 aliphatic rings. The molecule has 1 aliphatic carbocycles. The lowest BCUT2D eigenvalue weighted by molar-refractivity contribution is -0.385. The summed E-state index contributed by atoms with van der Waals surface area (Å²) >= 11 is 1.28. The molecule has 33 heavy (non-hydrogen) atoms. The van der Waals surface area contributed by atoms with Gasteiger partial charge in [0.1, 0.15) is 17.1 Å². The second-order valence-corrected chi connectivity index (χ2v) is 9.19. The largest absolute Gasteiger partial charge is 0.365 e. The number of hydrogen-bond donors (Lipinski definition) is 3. The summed E-state index contributed by atoms with van der Waals surface area (Å²) in [4.78, 5) is 62.5. The van der Waals surface area contributed by atoms with Crippen molar-refractivity contribution >= 4 is 45.8 Å². The number of carbonyl (C=O) groups excluding carboxylic acids is 4. The fourth-order valence-electron chi connectivity index (χ4n) is 4.19. The van der Waals surface area contributed by atoms with Gasteiger partial charge in [-0.25, -0.2) is 4.79 Å². The number of carbonyl (C=O) groups is 4. The quantitative estimate of drug-likeness (QED) is 0.331. The lowest BCUT2D eigenvalue weighted by Crippen LogP contribution is -2.42. The van der Waals surface area contributed by atoms with Crippen molar-refractivity contribution in [2.75, 3.05) is 11.9 Å². The number of hydrogen-bond acceptors (Lipinski definition) is 7. The van der Waals surface area contributed by atoms with E-state index in [4.69, 9.17) is 5.73 Å². The molecule has 5 amide bonds. The molecule has 1 fully saturated rings. The number of anilines is 1. The number of benzene rings is 1. The van der Waals surface area contributed by atoms with E-state index in [1.165, 1.54) is 42.5 Å². The number of nitrogens with zero attached hydrogens (tertiary/aromatic N) is 2. The number of aryl methyl sites for hydroxylation is 1. The number of urea groups is 1. The molecule has 0 unspecified atom stereocenters. The van der Waals surface area contributed by atoms with E-state index in [0.717, 1.165) is 34.6 Å². The number of nitrogens with two attached hydrogens (primary N) is 1. The summed E-state index contributed by atoms with van der Waals surface area (Å²) < 4.78 is 0. The summed E-state index contributed by atoms with van der Waals surface area (Å²) in [5, 5.41) is 16.5. The molecular formula is C21H21N5O6S. The summed E-state index contributed by atoms with van der Waals surface area (Å²) in [6.07, 6.45) is 3.41. The third-order valence-electron chi connectivity index (χ3n) is 5.88. The van der Waals surface area contributed by atoms with Gasteiger partial charge in [0.25, 0.3) is 17.5 Å². The SMILES string of the molecule is C[C@]1(c2cccc([N+](=O)[O-])c2)NC(=O)N(CC(=O)Nc2sc3c(c2C(N)=O)CCCC3)C1=O. The van der Waals surface area contributed by atoms with E-state index in [1.54, 1.807) is 0 Å². The van der Waals surface area contributed by atoms with E-state index in [0.29, 0.717) is 11.4 Å². The first-order chi connectivity index (χ1) is 15.6. The molecule has 1 aromatic heterocycles. The van der Waals surface area contributed by atoms with Gasteiger partial charge in [0, 0.05) is 17.0 Å². The van der Waals surface area contributed by atoms with Gasteiger partial charge in [-0.1, -0.05) is 12.1 Å². The van der Waals surface area contributed by atoms with Crippen LogP contribution < -0.4 is 16.4 Å². The van der Waals surface area contributed by atoms with E-state index in [2.05, 4.69) is 10.6 Å². The van der Waals surface area contributed by atoms with Gasteiger partial charge in [-0.15, -0.1) is 11.3 Å². The van der Waals surface area contributed by atoms with Gasteiger partial charge in [-0.3, -0.25) is 29.4 Å². The van der Waals surface area contributed by atoms with Crippen LogP contribution in [0.2, 0.25) is 0 Å². The van der Waals surface area contributed by atoms with Crippen molar-refractivity contribution in [1.82, 2.24) is 10.2 Å². The van der Waals surface area contributed by atoms with E-state index >= 15 is 0 Å². The molecule has 0 radical (unpaired) electrons. The van der Waals surface area contributed by atoms with E-state index in [9.17, 15) is 29.3 Å². The smallest absolute Gasteiger partial charge is 0.325 e. The molecule has 0 bridgehead atoms. The molecule has 4 rings (SSSR count). The Kier molecular flexibility index (Phi) is 5.62. The Morgan fingerprint density at radius 2 is 2.03 bits per heavy atom. The van der Waals surface area contributed by atoms with Crippen LogP contribution in [0, 0.1) is 10.1 Å². The topological polar surface area (TPSA) is 165 Å². The maximum Gasteiger partial charge on any atom is 0.325 e. The number of imide groups is 1. The van der Waals surface area contributed by atoms with Crippen LogP contribution in [0.5, 0.6) is 0 Å². The number of non-ortho nitro benzene ring substituents is 1. The number of thiophene rings is 1. The molecule has 1 aliphatic heterocycles. The van der Waals surface area contributed by atoms with Crippen LogP contribution in [0.1, 0.15) is 46.1 Å². The number of rotatable bonds is 6. The molecule has 1 aromatic carbocycles. The van der Waals surface area contributed by atoms with Crippen molar-refractivity contribution < 1.29 is 24.1 Å². The van der Waals surface area contributed by atoms with Crippen molar-refractivity contribution in [2.45, 2.75) is 38.1 Å². The van der Waals surface area contributed by atoms with Gasteiger partial charge in [0.2, 0.25) is 5.91 Å². The molecule has 1 saturated heterocycles. The Morgan fingerprint density at radius 1 is 1.30 bits per heavy atom. The van der Waals surface area contributed by atoms with Crippen LogP contribution in [-0.4, -0.2) is 40.1 Å². The minimum absolute atomic E-state index is 0.222. The summed E-state index contributed by atoms with van der Waals surface area (Å²) in [7, 11) is 0. The fourth-order valence-corrected chi connectivity index (χ4v) is 5.50. The molecule has 1 atom stereocenters. The van der Waals surface area contributed by atoms with Crippen LogP contribution in [-0.2, 0) is 28.0 Å². The van der Waals surface area contributed by atoms with Crippen molar-refractivity contribution in [2.24, 2.45) is 5.73 Å². The Morgan fingerprint density at radius 3 is 2.73 bits per heavy atom. The zero-order valence-electron chi connectivity index (χ0n) is 17.7. The minimum Gasteiger partial charge on any atom is -0.365 e. The van der Waals surface area contributed by atoms with Crippen molar-refractivity contribution in [3.8, 4) is 0 Å². The maximum atomic E-state index is 13.1. The predicted molar refractivity (Wildman–Crippen MR) is 119 cm³/mol. The number of nitro groups is 1. The lowest BCUT2D eigenvalue weighted by Gasteiger charge is -2.22. The Labute approximate surface area is 192 Å².